The molecular formula is C22H28N2O3. The minimum atomic E-state index is -0.399. The summed E-state index contributed by atoms with van der Waals surface area (Å²) in [6.45, 7) is 6.46. The van der Waals surface area contributed by atoms with Crippen LogP contribution in [-0.2, 0) is 17.7 Å². The molecular weight excluding hydrogens is 340 g/mol. The molecule has 0 spiro atoms. The van der Waals surface area contributed by atoms with Crippen LogP contribution >= 0.6 is 0 Å². The number of nitrogens with one attached hydrogen (secondary N) is 1. The Hall–Kier alpha value is -2.56. The molecule has 0 saturated heterocycles. The van der Waals surface area contributed by atoms with Crippen LogP contribution in [0.3, 0.4) is 0 Å². The molecule has 27 heavy (non-hydrogen) atoms. The standard InChI is InChI=1S/C22H28N2O3/c1-5-18-19(22(26)27-4)14(2)20(23-18)21(25)24(15(3)17-11-12-17)13-16-9-7-6-8-10-16/h6-10,15,17,23H,5,11-13H2,1-4H3. The van der Waals surface area contributed by atoms with Crippen molar-refractivity contribution in [2.75, 3.05) is 7.11 Å². The fraction of sp³-hybridized carbons (Fsp3) is 0.455. The van der Waals surface area contributed by atoms with Crippen molar-refractivity contribution in [2.45, 2.75) is 52.6 Å². The Morgan fingerprint density at radius 1 is 1.26 bits per heavy atom. The lowest BCUT2D eigenvalue weighted by molar-refractivity contribution is 0.0599. The number of aromatic nitrogens is 1. The number of methoxy groups -OCH3 is 1. The monoisotopic (exact) mass is 368 g/mol. The Labute approximate surface area is 160 Å². The third kappa shape index (κ3) is 3.92. The van der Waals surface area contributed by atoms with Gasteiger partial charge in [-0.3, -0.25) is 4.79 Å². The average Bonchev–Trinajstić information content (AvgIpc) is 3.48. The normalized spacial score (nSPS) is 14.7. The van der Waals surface area contributed by atoms with Crippen LogP contribution in [0.1, 0.15) is 64.4 Å². The van der Waals surface area contributed by atoms with E-state index in [1.54, 1.807) is 0 Å². The van der Waals surface area contributed by atoms with E-state index in [0.29, 0.717) is 35.7 Å². The number of H-pyrrole nitrogens is 1. The van der Waals surface area contributed by atoms with Gasteiger partial charge in [0.15, 0.2) is 0 Å². The maximum atomic E-state index is 13.5. The molecule has 1 aliphatic rings. The third-order valence-electron chi connectivity index (χ3n) is 5.54. The number of esters is 1. The summed E-state index contributed by atoms with van der Waals surface area (Å²) in [6.07, 6.45) is 2.96. The van der Waals surface area contributed by atoms with Crippen molar-refractivity contribution >= 4 is 11.9 Å². The van der Waals surface area contributed by atoms with E-state index in [2.05, 4.69) is 11.9 Å². The molecule has 0 aliphatic heterocycles. The molecule has 1 amide bonds. The molecule has 0 bridgehead atoms. The van der Waals surface area contributed by atoms with Crippen molar-refractivity contribution in [3.05, 3.63) is 58.4 Å². The predicted molar refractivity (Wildman–Crippen MR) is 105 cm³/mol. The van der Waals surface area contributed by atoms with E-state index in [1.165, 1.54) is 7.11 Å². The second kappa shape index (κ2) is 7.99. The number of aromatic amines is 1. The molecule has 5 heteroatoms. The quantitative estimate of drug-likeness (QED) is 0.748. The first kappa shape index (κ1) is 19.2. The first-order valence-electron chi connectivity index (χ1n) is 9.62. The Balaban J connectivity index is 1.96. The molecule has 1 fully saturated rings. The van der Waals surface area contributed by atoms with E-state index in [1.807, 2.05) is 49.1 Å². The minimum Gasteiger partial charge on any atom is -0.465 e. The average molecular weight is 368 g/mol. The third-order valence-corrected chi connectivity index (χ3v) is 5.54. The molecule has 1 N–H and O–H groups in total. The fourth-order valence-electron chi connectivity index (χ4n) is 3.67. The van der Waals surface area contributed by atoms with Crippen LogP contribution in [0, 0.1) is 12.8 Å². The first-order chi connectivity index (χ1) is 13.0. The first-order valence-corrected chi connectivity index (χ1v) is 9.62. The molecule has 1 heterocycles. The summed E-state index contributed by atoms with van der Waals surface area (Å²) in [5.74, 6) is 0.101. The molecule has 0 radical (unpaired) electrons. The minimum absolute atomic E-state index is 0.0550. The van der Waals surface area contributed by atoms with Crippen molar-refractivity contribution in [3.63, 3.8) is 0 Å². The Morgan fingerprint density at radius 3 is 2.48 bits per heavy atom. The topological polar surface area (TPSA) is 62.4 Å². The molecule has 2 aromatic rings. The number of hydrogen-bond acceptors (Lipinski definition) is 3. The van der Waals surface area contributed by atoms with Gasteiger partial charge >= 0.3 is 5.97 Å². The Morgan fingerprint density at radius 2 is 1.93 bits per heavy atom. The highest BCUT2D eigenvalue weighted by Crippen LogP contribution is 2.36. The van der Waals surface area contributed by atoms with Gasteiger partial charge in [0.25, 0.3) is 5.91 Å². The number of hydrogen-bond donors (Lipinski definition) is 1. The molecule has 1 saturated carbocycles. The summed E-state index contributed by atoms with van der Waals surface area (Å²) in [6, 6.07) is 10.2. The van der Waals surface area contributed by atoms with Gasteiger partial charge in [-0.15, -0.1) is 0 Å². The van der Waals surface area contributed by atoms with Gasteiger partial charge in [-0.05, 0) is 50.2 Å². The summed E-state index contributed by atoms with van der Waals surface area (Å²) in [7, 11) is 1.37. The fourth-order valence-corrected chi connectivity index (χ4v) is 3.67. The Kier molecular flexibility index (Phi) is 5.68. The second-order valence-corrected chi connectivity index (χ2v) is 7.32. The van der Waals surface area contributed by atoms with Crippen molar-refractivity contribution in [3.8, 4) is 0 Å². The van der Waals surface area contributed by atoms with E-state index in [9.17, 15) is 9.59 Å². The van der Waals surface area contributed by atoms with E-state index >= 15 is 0 Å². The largest absolute Gasteiger partial charge is 0.465 e. The zero-order valence-corrected chi connectivity index (χ0v) is 16.5. The second-order valence-electron chi connectivity index (χ2n) is 7.32. The number of amides is 1. The number of carbonyl (C=O) groups excluding carboxylic acids is 2. The SMILES string of the molecule is CCc1[nH]c(C(=O)N(Cc2ccccc2)C(C)C2CC2)c(C)c1C(=O)OC. The lowest BCUT2D eigenvalue weighted by Crippen LogP contribution is -2.40. The maximum Gasteiger partial charge on any atom is 0.339 e. The molecule has 1 atom stereocenters. The van der Waals surface area contributed by atoms with Gasteiger partial charge in [-0.2, -0.15) is 0 Å². The van der Waals surface area contributed by atoms with Gasteiger partial charge < -0.3 is 14.6 Å². The van der Waals surface area contributed by atoms with Crippen LogP contribution in [0.4, 0.5) is 0 Å². The lowest BCUT2D eigenvalue weighted by atomic mass is 10.1. The van der Waals surface area contributed by atoms with E-state index in [4.69, 9.17) is 4.74 Å². The van der Waals surface area contributed by atoms with E-state index in [0.717, 1.165) is 24.1 Å². The number of benzene rings is 1. The van der Waals surface area contributed by atoms with Crippen LogP contribution < -0.4 is 0 Å². The van der Waals surface area contributed by atoms with Gasteiger partial charge in [-0.1, -0.05) is 37.3 Å². The van der Waals surface area contributed by atoms with Crippen molar-refractivity contribution in [2.24, 2.45) is 5.92 Å². The van der Waals surface area contributed by atoms with Gasteiger partial charge in [-0.25, -0.2) is 4.79 Å². The number of rotatable bonds is 7. The summed E-state index contributed by atoms with van der Waals surface area (Å²) < 4.78 is 4.92. The van der Waals surface area contributed by atoms with Crippen molar-refractivity contribution in [1.29, 1.82) is 0 Å². The van der Waals surface area contributed by atoms with Crippen molar-refractivity contribution in [1.82, 2.24) is 9.88 Å². The highest BCUT2D eigenvalue weighted by atomic mass is 16.5. The summed E-state index contributed by atoms with van der Waals surface area (Å²) >= 11 is 0. The van der Waals surface area contributed by atoms with Gasteiger partial charge in [0.05, 0.1) is 12.7 Å². The molecule has 1 aromatic heterocycles. The highest BCUT2D eigenvalue weighted by molar-refractivity contribution is 6.00. The van der Waals surface area contributed by atoms with Crippen LogP contribution in [0.5, 0.6) is 0 Å². The zero-order valence-electron chi connectivity index (χ0n) is 16.5. The number of carbonyl (C=O) groups is 2. The van der Waals surface area contributed by atoms with Crippen LogP contribution in [0.25, 0.3) is 0 Å². The molecule has 3 rings (SSSR count). The number of aryl methyl sites for hydroxylation is 1. The van der Waals surface area contributed by atoms with Crippen LogP contribution in [0.2, 0.25) is 0 Å². The summed E-state index contributed by atoms with van der Waals surface area (Å²) in [4.78, 5) is 30.8. The number of ether oxygens (including phenoxy) is 1. The van der Waals surface area contributed by atoms with Crippen molar-refractivity contribution < 1.29 is 14.3 Å². The van der Waals surface area contributed by atoms with E-state index < -0.39 is 5.97 Å². The molecule has 5 nitrogen and oxygen atoms in total. The molecule has 144 valence electrons. The maximum absolute atomic E-state index is 13.5. The highest BCUT2D eigenvalue weighted by Gasteiger charge is 2.36. The van der Waals surface area contributed by atoms with E-state index in [-0.39, 0.29) is 11.9 Å². The van der Waals surface area contributed by atoms with Crippen LogP contribution in [0.15, 0.2) is 30.3 Å². The molecule has 1 aliphatic carbocycles. The predicted octanol–water partition coefficient (Wildman–Crippen LogP) is 4.11. The summed E-state index contributed by atoms with van der Waals surface area (Å²) in [5, 5.41) is 0. The van der Waals surface area contributed by atoms with Gasteiger partial charge in [0.1, 0.15) is 5.69 Å². The van der Waals surface area contributed by atoms with Crippen LogP contribution in [-0.4, -0.2) is 34.9 Å². The summed E-state index contributed by atoms with van der Waals surface area (Å²) in [5.41, 5.74) is 3.51. The van der Waals surface area contributed by atoms with Gasteiger partial charge in [0.2, 0.25) is 0 Å². The Bertz CT molecular complexity index is 822. The molecule has 1 aromatic carbocycles. The smallest absolute Gasteiger partial charge is 0.339 e. The number of nitrogens with zero attached hydrogens (tertiary/aromatic N) is 1. The lowest BCUT2D eigenvalue weighted by Gasteiger charge is -2.29. The molecule has 1 unspecified atom stereocenters. The zero-order chi connectivity index (χ0) is 19.6. The van der Waals surface area contributed by atoms with Gasteiger partial charge in [0, 0.05) is 18.3 Å².